The second kappa shape index (κ2) is 8.03. The van der Waals surface area contributed by atoms with Gasteiger partial charge in [-0.2, -0.15) is 0 Å². The molecule has 0 radical (unpaired) electrons. The van der Waals surface area contributed by atoms with Crippen LogP contribution >= 0.6 is 0 Å². The van der Waals surface area contributed by atoms with Crippen LogP contribution in [0.4, 0.5) is 0 Å². The number of nitrogens with zero attached hydrogens (tertiary/aromatic N) is 2. The zero-order valence-corrected chi connectivity index (χ0v) is 14.8. The van der Waals surface area contributed by atoms with Crippen molar-refractivity contribution in [2.24, 2.45) is 11.7 Å². The molecule has 2 heterocycles. The van der Waals surface area contributed by atoms with Gasteiger partial charge in [-0.15, -0.1) is 0 Å². The first-order chi connectivity index (χ1) is 12.6. The molecule has 3 rings (SSSR count). The van der Waals surface area contributed by atoms with Crippen LogP contribution in [0.2, 0.25) is 0 Å². The summed E-state index contributed by atoms with van der Waals surface area (Å²) >= 11 is 0. The number of oxazole rings is 1. The Morgan fingerprint density at radius 2 is 1.96 bits per heavy atom. The van der Waals surface area contributed by atoms with Crippen molar-refractivity contribution in [3.05, 3.63) is 36.4 Å². The van der Waals surface area contributed by atoms with Gasteiger partial charge in [0, 0.05) is 37.4 Å². The third-order valence-corrected chi connectivity index (χ3v) is 4.73. The van der Waals surface area contributed by atoms with E-state index in [0.717, 1.165) is 11.3 Å². The lowest BCUT2D eigenvalue weighted by molar-refractivity contribution is -0.134. The van der Waals surface area contributed by atoms with Gasteiger partial charge >= 0.3 is 0 Å². The highest BCUT2D eigenvalue weighted by molar-refractivity contribution is 5.79. The van der Waals surface area contributed by atoms with E-state index in [2.05, 4.69) is 4.98 Å². The van der Waals surface area contributed by atoms with Crippen molar-refractivity contribution in [2.45, 2.75) is 25.7 Å². The van der Waals surface area contributed by atoms with E-state index in [4.69, 9.17) is 14.9 Å². The van der Waals surface area contributed by atoms with Gasteiger partial charge < -0.3 is 19.8 Å². The Morgan fingerprint density at radius 3 is 2.58 bits per heavy atom. The summed E-state index contributed by atoms with van der Waals surface area (Å²) in [5, 5.41) is 0. The number of rotatable bonds is 6. The lowest BCUT2D eigenvalue weighted by Crippen LogP contribution is -2.41. The Kier molecular flexibility index (Phi) is 5.55. The molecular weight excluding hydrogens is 334 g/mol. The molecule has 0 atom stereocenters. The molecule has 1 aromatic heterocycles. The monoisotopic (exact) mass is 357 g/mol. The smallest absolute Gasteiger partial charge is 0.223 e. The SMILES string of the molecule is COc1ccc(-c2cnc(CCC(=O)N3CCC(C(N)=O)CC3)o2)cc1. The molecule has 1 fully saturated rings. The Morgan fingerprint density at radius 1 is 1.27 bits per heavy atom. The zero-order valence-electron chi connectivity index (χ0n) is 14.8. The first kappa shape index (κ1) is 18.0. The number of piperidine rings is 1. The molecule has 7 nitrogen and oxygen atoms in total. The van der Waals surface area contributed by atoms with Crippen molar-refractivity contribution in [1.82, 2.24) is 9.88 Å². The third kappa shape index (κ3) is 4.22. The number of primary amides is 1. The van der Waals surface area contributed by atoms with Crippen molar-refractivity contribution in [1.29, 1.82) is 0 Å². The quantitative estimate of drug-likeness (QED) is 0.852. The number of aromatic nitrogens is 1. The van der Waals surface area contributed by atoms with Gasteiger partial charge in [0.25, 0.3) is 0 Å². The van der Waals surface area contributed by atoms with Crippen molar-refractivity contribution in [3.8, 4) is 17.1 Å². The number of aryl methyl sites for hydroxylation is 1. The van der Waals surface area contributed by atoms with E-state index in [1.165, 1.54) is 0 Å². The number of nitrogens with two attached hydrogens (primary N) is 1. The minimum absolute atomic E-state index is 0.0529. The lowest BCUT2D eigenvalue weighted by atomic mass is 9.96. The standard InChI is InChI=1S/C19H23N3O4/c1-25-15-4-2-13(3-5-15)16-12-21-17(26-16)6-7-18(23)22-10-8-14(9-11-22)19(20)24/h2-5,12,14H,6-11H2,1H3,(H2,20,24). The number of hydrogen-bond acceptors (Lipinski definition) is 5. The molecule has 1 aliphatic heterocycles. The fourth-order valence-corrected chi connectivity index (χ4v) is 3.10. The largest absolute Gasteiger partial charge is 0.497 e. The van der Waals surface area contributed by atoms with E-state index in [0.29, 0.717) is 50.4 Å². The topological polar surface area (TPSA) is 98.7 Å². The highest BCUT2D eigenvalue weighted by Gasteiger charge is 2.25. The van der Waals surface area contributed by atoms with Crippen LogP contribution in [-0.2, 0) is 16.0 Å². The number of ether oxygens (including phenoxy) is 1. The molecule has 1 aliphatic rings. The van der Waals surface area contributed by atoms with Gasteiger partial charge in [-0.1, -0.05) is 0 Å². The molecular formula is C19H23N3O4. The molecule has 2 amide bonds. The summed E-state index contributed by atoms with van der Waals surface area (Å²) in [5.41, 5.74) is 6.23. The summed E-state index contributed by atoms with van der Waals surface area (Å²) in [6.07, 6.45) is 3.73. The maximum atomic E-state index is 12.3. The Hall–Kier alpha value is -2.83. The minimum Gasteiger partial charge on any atom is -0.497 e. The number of carbonyl (C=O) groups is 2. The average molecular weight is 357 g/mol. The van der Waals surface area contributed by atoms with Crippen LogP contribution in [0.15, 0.2) is 34.9 Å². The van der Waals surface area contributed by atoms with Gasteiger partial charge in [0.15, 0.2) is 11.7 Å². The van der Waals surface area contributed by atoms with Crippen molar-refractivity contribution in [2.75, 3.05) is 20.2 Å². The number of likely N-dealkylation sites (tertiary alicyclic amines) is 1. The zero-order chi connectivity index (χ0) is 18.5. The minimum atomic E-state index is -0.275. The Balaban J connectivity index is 1.51. The summed E-state index contributed by atoms with van der Waals surface area (Å²) in [4.78, 5) is 29.6. The molecule has 2 N–H and O–H groups in total. The van der Waals surface area contributed by atoms with Crippen LogP contribution in [0.5, 0.6) is 5.75 Å². The second-order valence-corrected chi connectivity index (χ2v) is 6.40. The fraction of sp³-hybridized carbons (Fsp3) is 0.421. The van der Waals surface area contributed by atoms with Gasteiger partial charge in [0.05, 0.1) is 13.3 Å². The molecule has 0 saturated carbocycles. The average Bonchev–Trinajstić information content (AvgIpc) is 3.15. The van der Waals surface area contributed by atoms with Crippen molar-refractivity contribution < 1.29 is 18.7 Å². The number of carbonyl (C=O) groups excluding carboxylic acids is 2. The summed E-state index contributed by atoms with van der Waals surface area (Å²) in [5.74, 6) is 1.64. The summed E-state index contributed by atoms with van der Waals surface area (Å²) in [6, 6.07) is 7.52. The lowest BCUT2D eigenvalue weighted by Gasteiger charge is -2.30. The molecule has 1 aromatic carbocycles. The number of benzene rings is 1. The van der Waals surface area contributed by atoms with Crippen LogP contribution < -0.4 is 10.5 Å². The van der Waals surface area contributed by atoms with E-state index in [9.17, 15) is 9.59 Å². The van der Waals surface area contributed by atoms with Crippen LogP contribution in [0, 0.1) is 5.92 Å². The molecule has 0 bridgehead atoms. The normalized spacial score (nSPS) is 15.0. The predicted molar refractivity (Wildman–Crippen MR) is 95.3 cm³/mol. The van der Waals surface area contributed by atoms with Gasteiger partial charge in [0.1, 0.15) is 5.75 Å². The number of hydrogen-bond donors (Lipinski definition) is 1. The number of amides is 2. The first-order valence-corrected chi connectivity index (χ1v) is 8.73. The van der Waals surface area contributed by atoms with Crippen LogP contribution in [0.25, 0.3) is 11.3 Å². The molecule has 0 spiro atoms. The Labute approximate surface area is 152 Å². The summed E-state index contributed by atoms with van der Waals surface area (Å²) in [7, 11) is 1.62. The van der Waals surface area contributed by atoms with Gasteiger partial charge in [-0.25, -0.2) is 4.98 Å². The van der Waals surface area contributed by atoms with Gasteiger partial charge in [-0.3, -0.25) is 9.59 Å². The van der Waals surface area contributed by atoms with E-state index in [1.54, 1.807) is 18.2 Å². The van der Waals surface area contributed by atoms with Gasteiger partial charge in [-0.05, 0) is 37.1 Å². The number of methoxy groups -OCH3 is 1. The van der Waals surface area contributed by atoms with E-state index >= 15 is 0 Å². The second-order valence-electron chi connectivity index (χ2n) is 6.40. The highest BCUT2D eigenvalue weighted by Crippen LogP contribution is 2.24. The Bertz CT molecular complexity index is 761. The molecule has 2 aromatic rings. The van der Waals surface area contributed by atoms with Crippen LogP contribution in [0.3, 0.4) is 0 Å². The summed E-state index contributed by atoms with van der Waals surface area (Å²) < 4.78 is 10.9. The van der Waals surface area contributed by atoms with Gasteiger partial charge in [0.2, 0.25) is 11.8 Å². The molecule has 138 valence electrons. The summed E-state index contributed by atoms with van der Waals surface area (Å²) in [6.45, 7) is 1.16. The third-order valence-electron chi connectivity index (χ3n) is 4.73. The fourth-order valence-electron chi connectivity index (χ4n) is 3.10. The van der Waals surface area contributed by atoms with Crippen LogP contribution in [0.1, 0.15) is 25.2 Å². The molecule has 26 heavy (non-hydrogen) atoms. The van der Waals surface area contributed by atoms with E-state index < -0.39 is 0 Å². The molecule has 7 heteroatoms. The molecule has 0 unspecified atom stereocenters. The molecule has 1 saturated heterocycles. The van der Waals surface area contributed by atoms with E-state index in [-0.39, 0.29) is 17.7 Å². The predicted octanol–water partition coefficient (Wildman–Crippen LogP) is 2.01. The van der Waals surface area contributed by atoms with Crippen LogP contribution in [-0.4, -0.2) is 41.9 Å². The van der Waals surface area contributed by atoms with Crippen molar-refractivity contribution >= 4 is 11.8 Å². The maximum Gasteiger partial charge on any atom is 0.223 e. The maximum absolute atomic E-state index is 12.3. The van der Waals surface area contributed by atoms with Crippen molar-refractivity contribution in [3.63, 3.8) is 0 Å². The molecule has 0 aliphatic carbocycles. The first-order valence-electron chi connectivity index (χ1n) is 8.73. The highest BCUT2D eigenvalue weighted by atomic mass is 16.5. The van der Waals surface area contributed by atoms with E-state index in [1.807, 2.05) is 24.3 Å².